The van der Waals surface area contributed by atoms with Gasteiger partial charge in [-0.1, -0.05) is 37.3 Å². The molecule has 0 spiro atoms. The molecule has 0 aliphatic carbocycles. The predicted molar refractivity (Wildman–Crippen MR) is 98.5 cm³/mol. The minimum absolute atomic E-state index is 0.0904. The lowest BCUT2D eigenvalue weighted by atomic mass is 10.1. The standard InChI is InChI=1S/C19H26N4O2/c1-3-12-25-16-10-7-11-23(14-16)19(24)20-18-13-17(21-22(18)2)15-8-5-4-6-9-15/h4-6,8-9,13,16H,3,7,10-12,14H2,1-2H3,(H,20,24)/t16-/m1/s1. The lowest BCUT2D eigenvalue weighted by Gasteiger charge is -2.32. The Labute approximate surface area is 148 Å². The zero-order valence-corrected chi connectivity index (χ0v) is 14.9. The Hall–Kier alpha value is -2.34. The van der Waals surface area contributed by atoms with E-state index in [4.69, 9.17) is 4.74 Å². The van der Waals surface area contributed by atoms with E-state index in [-0.39, 0.29) is 12.1 Å². The van der Waals surface area contributed by atoms with Crippen LogP contribution >= 0.6 is 0 Å². The number of rotatable bonds is 5. The van der Waals surface area contributed by atoms with Crippen LogP contribution in [0.25, 0.3) is 11.3 Å². The van der Waals surface area contributed by atoms with Crippen LogP contribution in [0.2, 0.25) is 0 Å². The van der Waals surface area contributed by atoms with Gasteiger partial charge in [0, 0.05) is 38.4 Å². The predicted octanol–water partition coefficient (Wildman–Crippen LogP) is 3.51. The average Bonchev–Trinajstić information content (AvgIpc) is 3.01. The Bertz CT molecular complexity index is 699. The van der Waals surface area contributed by atoms with Gasteiger partial charge in [-0.3, -0.25) is 10.00 Å². The second kappa shape index (κ2) is 8.16. The summed E-state index contributed by atoms with van der Waals surface area (Å²) in [7, 11) is 1.84. The summed E-state index contributed by atoms with van der Waals surface area (Å²) in [5.41, 5.74) is 1.88. The van der Waals surface area contributed by atoms with E-state index in [2.05, 4.69) is 17.3 Å². The normalized spacial score (nSPS) is 17.5. The summed E-state index contributed by atoms with van der Waals surface area (Å²) < 4.78 is 7.51. The van der Waals surface area contributed by atoms with Crippen LogP contribution in [0.4, 0.5) is 10.6 Å². The van der Waals surface area contributed by atoms with E-state index in [1.54, 1.807) is 4.68 Å². The quantitative estimate of drug-likeness (QED) is 0.904. The molecule has 25 heavy (non-hydrogen) atoms. The van der Waals surface area contributed by atoms with Gasteiger partial charge in [0.15, 0.2) is 0 Å². The number of hydrogen-bond donors (Lipinski definition) is 1. The SMILES string of the molecule is CCCO[C@@H]1CCCN(C(=O)Nc2cc(-c3ccccc3)nn2C)C1. The van der Waals surface area contributed by atoms with Gasteiger partial charge in [0.2, 0.25) is 0 Å². The van der Waals surface area contributed by atoms with Crippen LogP contribution in [0.15, 0.2) is 36.4 Å². The smallest absolute Gasteiger partial charge is 0.323 e. The highest BCUT2D eigenvalue weighted by molar-refractivity contribution is 5.89. The minimum atomic E-state index is -0.0904. The first kappa shape index (κ1) is 17.5. The molecule has 6 nitrogen and oxygen atoms in total. The first-order chi connectivity index (χ1) is 12.2. The second-order valence-corrected chi connectivity index (χ2v) is 6.42. The number of benzene rings is 1. The molecule has 1 N–H and O–H groups in total. The molecule has 0 radical (unpaired) electrons. The summed E-state index contributed by atoms with van der Waals surface area (Å²) in [6.45, 7) is 4.26. The molecular formula is C19H26N4O2. The van der Waals surface area contributed by atoms with E-state index in [0.717, 1.165) is 43.7 Å². The van der Waals surface area contributed by atoms with E-state index in [1.165, 1.54) is 0 Å². The molecule has 1 atom stereocenters. The number of aromatic nitrogens is 2. The largest absolute Gasteiger partial charge is 0.376 e. The Kier molecular flexibility index (Phi) is 5.71. The van der Waals surface area contributed by atoms with E-state index in [0.29, 0.717) is 12.4 Å². The molecular weight excluding hydrogens is 316 g/mol. The van der Waals surface area contributed by atoms with Gasteiger partial charge in [0.05, 0.1) is 11.8 Å². The summed E-state index contributed by atoms with van der Waals surface area (Å²) in [5, 5.41) is 7.47. The number of aryl methyl sites for hydroxylation is 1. The van der Waals surface area contributed by atoms with Crippen molar-refractivity contribution in [2.24, 2.45) is 7.05 Å². The molecule has 0 unspecified atom stereocenters. The molecule has 1 fully saturated rings. The van der Waals surface area contributed by atoms with Crippen molar-refractivity contribution in [3.63, 3.8) is 0 Å². The summed E-state index contributed by atoms with van der Waals surface area (Å²) in [6, 6.07) is 11.8. The maximum Gasteiger partial charge on any atom is 0.323 e. The molecule has 2 heterocycles. The monoisotopic (exact) mass is 342 g/mol. The second-order valence-electron chi connectivity index (χ2n) is 6.42. The number of nitrogens with one attached hydrogen (secondary N) is 1. The van der Waals surface area contributed by atoms with Gasteiger partial charge in [-0.05, 0) is 19.3 Å². The lowest BCUT2D eigenvalue weighted by molar-refractivity contribution is 0.0115. The van der Waals surface area contributed by atoms with Crippen LogP contribution in [-0.4, -0.2) is 46.5 Å². The number of likely N-dealkylation sites (tertiary alicyclic amines) is 1. The van der Waals surface area contributed by atoms with Gasteiger partial charge in [-0.2, -0.15) is 5.10 Å². The topological polar surface area (TPSA) is 59.4 Å². The molecule has 3 rings (SSSR count). The van der Waals surface area contributed by atoms with Crippen LogP contribution in [0.3, 0.4) is 0 Å². The van der Waals surface area contributed by atoms with Crippen LogP contribution in [0.5, 0.6) is 0 Å². The Morgan fingerprint density at radius 2 is 2.16 bits per heavy atom. The molecule has 134 valence electrons. The molecule has 0 bridgehead atoms. The van der Waals surface area contributed by atoms with Crippen LogP contribution in [0, 0.1) is 0 Å². The van der Waals surface area contributed by atoms with Crippen molar-refractivity contribution in [2.75, 3.05) is 25.0 Å². The Morgan fingerprint density at radius 1 is 1.36 bits per heavy atom. The number of hydrogen-bond acceptors (Lipinski definition) is 3. The van der Waals surface area contributed by atoms with Crippen molar-refractivity contribution in [2.45, 2.75) is 32.3 Å². The molecule has 1 aromatic heterocycles. The third-order valence-corrected chi connectivity index (χ3v) is 4.41. The molecule has 1 aliphatic heterocycles. The molecule has 0 saturated carbocycles. The zero-order valence-electron chi connectivity index (χ0n) is 14.9. The van der Waals surface area contributed by atoms with Crippen molar-refractivity contribution in [1.82, 2.24) is 14.7 Å². The minimum Gasteiger partial charge on any atom is -0.376 e. The Balaban J connectivity index is 1.64. The highest BCUT2D eigenvalue weighted by Crippen LogP contribution is 2.22. The van der Waals surface area contributed by atoms with Crippen molar-refractivity contribution >= 4 is 11.8 Å². The van der Waals surface area contributed by atoms with Gasteiger partial charge in [0.25, 0.3) is 0 Å². The fourth-order valence-corrected chi connectivity index (χ4v) is 3.07. The third-order valence-electron chi connectivity index (χ3n) is 4.41. The summed E-state index contributed by atoms with van der Waals surface area (Å²) in [4.78, 5) is 14.4. The summed E-state index contributed by atoms with van der Waals surface area (Å²) in [6.07, 6.45) is 3.14. The van der Waals surface area contributed by atoms with Crippen molar-refractivity contribution in [3.05, 3.63) is 36.4 Å². The van der Waals surface area contributed by atoms with Crippen molar-refractivity contribution < 1.29 is 9.53 Å². The van der Waals surface area contributed by atoms with Gasteiger partial charge >= 0.3 is 6.03 Å². The number of anilines is 1. The van der Waals surface area contributed by atoms with E-state index in [1.807, 2.05) is 48.3 Å². The number of urea groups is 1. The fourth-order valence-electron chi connectivity index (χ4n) is 3.07. The van der Waals surface area contributed by atoms with E-state index in [9.17, 15) is 4.79 Å². The molecule has 2 aromatic rings. The Morgan fingerprint density at radius 3 is 2.92 bits per heavy atom. The first-order valence-electron chi connectivity index (χ1n) is 8.94. The molecule has 2 amide bonds. The van der Waals surface area contributed by atoms with Crippen molar-refractivity contribution in [1.29, 1.82) is 0 Å². The van der Waals surface area contributed by atoms with Crippen LogP contribution in [-0.2, 0) is 11.8 Å². The number of piperidine rings is 1. The maximum absolute atomic E-state index is 12.6. The number of carbonyl (C=O) groups excluding carboxylic acids is 1. The van der Waals surface area contributed by atoms with Crippen LogP contribution < -0.4 is 5.32 Å². The number of carbonyl (C=O) groups is 1. The summed E-state index contributed by atoms with van der Waals surface area (Å²) in [5.74, 6) is 0.695. The first-order valence-corrected chi connectivity index (χ1v) is 8.94. The number of nitrogens with zero attached hydrogens (tertiary/aromatic N) is 3. The van der Waals surface area contributed by atoms with E-state index < -0.39 is 0 Å². The highest BCUT2D eigenvalue weighted by Gasteiger charge is 2.24. The number of ether oxygens (including phenoxy) is 1. The fraction of sp³-hybridized carbons (Fsp3) is 0.474. The van der Waals surface area contributed by atoms with E-state index >= 15 is 0 Å². The van der Waals surface area contributed by atoms with Gasteiger partial charge in [-0.25, -0.2) is 4.79 Å². The number of amides is 2. The highest BCUT2D eigenvalue weighted by atomic mass is 16.5. The molecule has 1 aromatic carbocycles. The van der Waals surface area contributed by atoms with Gasteiger partial charge in [0.1, 0.15) is 5.82 Å². The summed E-state index contributed by atoms with van der Waals surface area (Å²) >= 11 is 0. The van der Waals surface area contributed by atoms with Crippen LogP contribution in [0.1, 0.15) is 26.2 Å². The molecule has 1 saturated heterocycles. The molecule has 1 aliphatic rings. The van der Waals surface area contributed by atoms with Gasteiger partial charge < -0.3 is 9.64 Å². The van der Waals surface area contributed by atoms with Crippen molar-refractivity contribution in [3.8, 4) is 11.3 Å². The third kappa shape index (κ3) is 4.39. The maximum atomic E-state index is 12.6. The zero-order chi connectivity index (χ0) is 17.6. The van der Waals surface area contributed by atoms with Gasteiger partial charge in [-0.15, -0.1) is 0 Å². The average molecular weight is 342 g/mol. The lowest BCUT2D eigenvalue weighted by Crippen LogP contribution is -2.45. The molecule has 6 heteroatoms.